The van der Waals surface area contributed by atoms with Crippen molar-refractivity contribution in [2.45, 2.75) is 39.0 Å². The number of para-hydroxylation sites is 1. The molecule has 0 spiro atoms. The minimum Gasteiger partial charge on any atom is -0.339 e. The topological polar surface area (TPSA) is 52.7 Å². The Labute approximate surface area is 144 Å². The standard InChI is InChI=1S/C19H27N3O2/c1-15-7-5-6-10-17(15)20-19(24)22-13-11-21(12-14-22)18(23)16-8-3-2-4-9-16/h5-7,10,16H,2-4,8-9,11-14H2,1H3,(H,20,24). The molecule has 0 unspecified atom stereocenters. The van der Waals surface area contributed by atoms with Gasteiger partial charge in [0.15, 0.2) is 0 Å². The lowest BCUT2D eigenvalue weighted by Gasteiger charge is -2.37. The van der Waals surface area contributed by atoms with Crippen LogP contribution in [0, 0.1) is 12.8 Å². The summed E-state index contributed by atoms with van der Waals surface area (Å²) in [4.78, 5) is 28.7. The summed E-state index contributed by atoms with van der Waals surface area (Å²) in [5.74, 6) is 0.514. The molecule has 1 saturated carbocycles. The monoisotopic (exact) mass is 329 g/mol. The molecule has 0 bridgehead atoms. The predicted molar refractivity (Wildman–Crippen MR) is 94.9 cm³/mol. The number of anilines is 1. The fourth-order valence-electron chi connectivity index (χ4n) is 3.65. The van der Waals surface area contributed by atoms with E-state index in [1.807, 2.05) is 36.1 Å². The SMILES string of the molecule is Cc1ccccc1NC(=O)N1CCN(C(=O)C2CCCCC2)CC1. The summed E-state index contributed by atoms with van der Waals surface area (Å²) in [6.07, 6.45) is 5.68. The Morgan fingerprint density at radius 3 is 2.25 bits per heavy atom. The molecule has 5 heteroatoms. The lowest BCUT2D eigenvalue weighted by molar-refractivity contribution is -0.137. The van der Waals surface area contributed by atoms with Gasteiger partial charge in [-0.05, 0) is 31.4 Å². The lowest BCUT2D eigenvalue weighted by Crippen LogP contribution is -2.53. The van der Waals surface area contributed by atoms with Crippen molar-refractivity contribution in [1.82, 2.24) is 9.80 Å². The molecule has 24 heavy (non-hydrogen) atoms. The van der Waals surface area contributed by atoms with Gasteiger partial charge in [0.05, 0.1) is 0 Å². The van der Waals surface area contributed by atoms with Crippen LogP contribution < -0.4 is 5.32 Å². The number of carbonyl (C=O) groups is 2. The van der Waals surface area contributed by atoms with E-state index in [1.54, 1.807) is 4.90 Å². The number of hydrogen-bond acceptors (Lipinski definition) is 2. The fraction of sp³-hybridized carbons (Fsp3) is 0.579. The van der Waals surface area contributed by atoms with E-state index in [1.165, 1.54) is 19.3 Å². The van der Waals surface area contributed by atoms with Crippen LogP contribution in [-0.4, -0.2) is 47.9 Å². The maximum absolute atomic E-state index is 12.6. The first-order valence-electron chi connectivity index (χ1n) is 9.05. The number of piperazine rings is 1. The van der Waals surface area contributed by atoms with Crippen molar-refractivity contribution in [3.63, 3.8) is 0 Å². The van der Waals surface area contributed by atoms with E-state index in [9.17, 15) is 9.59 Å². The molecule has 2 aliphatic rings. The van der Waals surface area contributed by atoms with E-state index in [0.717, 1.165) is 24.1 Å². The van der Waals surface area contributed by atoms with Gasteiger partial charge in [0.1, 0.15) is 0 Å². The van der Waals surface area contributed by atoms with Gasteiger partial charge in [-0.1, -0.05) is 37.5 Å². The average molecular weight is 329 g/mol. The average Bonchev–Trinajstić information content (AvgIpc) is 2.64. The molecule has 5 nitrogen and oxygen atoms in total. The molecule has 0 aromatic heterocycles. The normalized spacial score (nSPS) is 19.2. The van der Waals surface area contributed by atoms with E-state index in [-0.39, 0.29) is 11.9 Å². The Bertz CT molecular complexity index is 588. The van der Waals surface area contributed by atoms with Gasteiger partial charge in [-0.3, -0.25) is 4.79 Å². The van der Waals surface area contributed by atoms with Crippen LogP contribution in [0.2, 0.25) is 0 Å². The lowest BCUT2D eigenvalue weighted by atomic mass is 9.88. The van der Waals surface area contributed by atoms with Crippen LogP contribution in [0.1, 0.15) is 37.7 Å². The first kappa shape index (κ1) is 16.8. The molecule has 3 rings (SSSR count). The Morgan fingerprint density at radius 2 is 1.58 bits per heavy atom. The highest BCUT2D eigenvalue weighted by Crippen LogP contribution is 2.26. The smallest absolute Gasteiger partial charge is 0.321 e. The van der Waals surface area contributed by atoms with Gasteiger partial charge in [-0.25, -0.2) is 4.79 Å². The van der Waals surface area contributed by atoms with Gasteiger partial charge < -0.3 is 15.1 Å². The largest absolute Gasteiger partial charge is 0.339 e. The molecule has 1 saturated heterocycles. The third kappa shape index (κ3) is 3.89. The molecule has 3 amide bonds. The van der Waals surface area contributed by atoms with E-state index in [2.05, 4.69) is 5.32 Å². The number of aryl methyl sites for hydroxylation is 1. The summed E-state index contributed by atoms with van der Waals surface area (Å²) in [6, 6.07) is 7.70. The zero-order chi connectivity index (χ0) is 16.9. The van der Waals surface area contributed by atoms with Crippen molar-refractivity contribution >= 4 is 17.6 Å². The van der Waals surface area contributed by atoms with Crippen LogP contribution in [0.5, 0.6) is 0 Å². The first-order valence-corrected chi connectivity index (χ1v) is 9.05. The van der Waals surface area contributed by atoms with Crippen molar-refractivity contribution in [2.24, 2.45) is 5.92 Å². The summed E-state index contributed by atoms with van der Waals surface area (Å²) >= 11 is 0. The minimum atomic E-state index is -0.0749. The molecular formula is C19H27N3O2. The summed E-state index contributed by atoms with van der Waals surface area (Å²) in [6.45, 7) is 4.50. The molecule has 1 N–H and O–H groups in total. The second kappa shape index (κ2) is 7.69. The number of nitrogens with zero attached hydrogens (tertiary/aromatic N) is 2. The highest BCUT2D eigenvalue weighted by Gasteiger charge is 2.29. The van der Waals surface area contributed by atoms with Crippen LogP contribution in [0.3, 0.4) is 0 Å². The van der Waals surface area contributed by atoms with Gasteiger partial charge in [0.25, 0.3) is 0 Å². The molecule has 1 aliphatic heterocycles. The Balaban J connectivity index is 1.50. The maximum Gasteiger partial charge on any atom is 0.321 e. The number of urea groups is 1. The van der Waals surface area contributed by atoms with Gasteiger partial charge >= 0.3 is 6.03 Å². The number of amides is 3. The highest BCUT2D eigenvalue weighted by molar-refractivity contribution is 5.90. The van der Waals surface area contributed by atoms with E-state index in [4.69, 9.17) is 0 Å². The Morgan fingerprint density at radius 1 is 0.958 bits per heavy atom. The van der Waals surface area contributed by atoms with E-state index < -0.39 is 0 Å². The molecule has 1 heterocycles. The predicted octanol–water partition coefficient (Wildman–Crippen LogP) is 3.25. The van der Waals surface area contributed by atoms with Gasteiger partial charge in [0, 0.05) is 37.8 Å². The molecule has 1 aromatic carbocycles. The van der Waals surface area contributed by atoms with Crippen molar-refractivity contribution in [1.29, 1.82) is 0 Å². The number of rotatable bonds is 2. The first-order chi connectivity index (χ1) is 11.6. The van der Waals surface area contributed by atoms with Crippen LogP contribution in [0.25, 0.3) is 0 Å². The highest BCUT2D eigenvalue weighted by atomic mass is 16.2. The summed E-state index contributed by atoms with van der Waals surface area (Å²) in [7, 11) is 0. The Hall–Kier alpha value is -2.04. The van der Waals surface area contributed by atoms with Crippen molar-refractivity contribution in [3.05, 3.63) is 29.8 Å². The van der Waals surface area contributed by atoms with Crippen LogP contribution in [0.15, 0.2) is 24.3 Å². The van der Waals surface area contributed by atoms with Crippen LogP contribution >= 0.6 is 0 Å². The third-order valence-corrected chi connectivity index (χ3v) is 5.22. The second-order valence-electron chi connectivity index (χ2n) is 6.89. The van der Waals surface area contributed by atoms with E-state index >= 15 is 0 Å². The second-order valence-corrected chi connectivity index (χ2v) is 6.89. The van der Waals surface area contributed by atoms with Crippen LogP contribution in [0.4, 0.5) is 10.5 Å². The van der Waals surface area contributed by atoms with Gasteiger partial charge in [-0.15, -0.1) is 0 Å². The molecule has 2 fully saturated rings. The number of carbonyl (C=O) groups excluding carboxylic acids is 2. The number of nitrogens with one attached hydrogen (secondary N) is 1. The van der Waals surface area contributed by atoms with Gasteiger partial charge in [-0.2, -0.15) is 0 Å². The Kier molecular flexibility index (Phi) is 5.38. The zero-order valence-corrected chi connectivity index (χ0v) is 14.5. The minimum absolute atomic E-state index is 0.0749. The summed E-state index contributed by atoms with van der Waals surface area (Å²) in [5.41, 5.74) is 1.90. The molecule has 130 valence electrons. The van der Waals surface area contributed by atoms with E-state index in [0.29, 0.717) is 32.1 Å². The molecule has 1 aliphatic carbocycles. The quantitative estimate of drug-likeness (QED) is 0.905. The summed E-state index contributed by atoms with van der Waals surface area (Å²) < 4.78 is 0. The fourth-order valence-corrected chi connectivity index (χ4v) is 3.65. The molecular weight excluding hydrogens is 302 g/mol. The van der Waals surface area contributed by atoms with Gasteiger partial charge in [0.2, 0.25) is 5.91 Å². The zero-order valence-electron chi connectivity index (χ0n) is 14.5. The molecule has 0 radical (unpaired) electrons. The summed E-state index contributed by atoms with van der Waals surface area (Å²) in [5, 5.41) is 2.97. The maximum atomic E-state index is 12.6. The van der Waals surface area contributed by atoms with Crippen LogP contribution in [-0.2, 0) is 4.79 Å². The number of hydrogen-bond donors (Lipinski definition) is 1. The van der Waals surface area contributed by atoms with Crippen molar-refractivity contribution < 1.29 is 9.59 Å². The third-order valence-electron chi connectivity index (χ3n) is 5.22. The molecule has 1 aromatic rings. The van der Waals surface area contributed by atoms with Crippen molar-refractivity contribution in [3.8, 4) is 0 Å². The molecule has 0 atom stereocenters. The van der Waals surface area contributed by atoms with Crippen molar-refractivity contribution in [2.75, 3.05) is 31.5 Å². The number of benzene rings is 1.